The molecule has 0 N–H and O–H groups in total. The molecular weight excluding hydrogens is 184 g/mol. The van der Waals surface area contributed by atoms with Gasteiger partial charge in [0.1, 0.15) is 0 Å². The molecule has 0 aromatic heterocycles. The molecule has 0 saturated carbocycles. The summed E-state index contributed by atoms with van der Waals surface area (Å²) < 4.78 is 5.15. The highest BCUT2D eigenvalue weighted by atomic mass is 35.5. The monoisotopic (exact) mass is 196 g/mol. The van der Waals surface area contributed by atoms with E-state index in [0.29, 0.717) is 6.61 Å². The summed E-state index contributed by atoms with van der Waals surface area (Å²) in [6, 6.07) is 6.31. The smallest absolute Gasteiger partial charge is 0.0715 e. The molecule has 13 heavy (non-hydrogen) atoms. The minimum absolute atomic E-state index is 0.215. The maximum atomic E-state index is 6.17. The maximum absolute atomic E-state index is 6.17. The molecule has 2 heteroatoms. The first-order valence-corrected chi connectivity index (χ1v) is 5.00. The Hall–Kier alpha value is -0.530. The summed E-state index contributed by atoms with van der Waals surface area (Å²) in [6.07, 6.45) is 2.17. The fourth-order valence-electron chi connectivity index (χ4n) is 1.97. The van der Waals surface area contributed by atoms with E-state index >= 15 is 0 Å². The Morgan fingerprint density at radius 3 is 3.15 bits per heavy atom. The topological polar surface area (TPSA) is 9.23 Å². The van der Waals surface area contributed by atoms with Gasteiger partial charge in [-0.2, -0.15) is 0 Å². The lowest BCUT2D eigenvalue weighted by atomic mass is 10.0. The van der Waals surface area contributed by atoms with Gasteiger partial charge in [-0.15, -0.1) is 11.6 Å². The number of methoxy groups -OCH3 is 1. The summed E-state index contributed by atoms with van der Waals surface area (Å²) in [6.45, 7) is 0.701. The van der Waals surface area contributed by atoms with Crippen LogP contribution >= 0.6 is 11.6 Å². The van der Waals surface area contributed by atoms with E-state index in [1.807, 2.05) is 0 Å². The van der Waals surface area contributed by atoms with Crippen molar-refractivity contribution in [1.29, 1.82) is 0 Å². The minimum Gasteiger partial charge on any atom is -0.380 e. The molecule has 1 aromatic rings. The van der Waals surface area contributed by atoms with Crippen molar-refractivity contribution in [2.24, 2.45) is 0 Å². The van der Waals surface area contributed by atoms with Crippen LogP contribution in [-0.2, 0) is 17.8 Å². The van der Waals surface area contributed by atoms with Crippen molar-refractivity contribution in [1.82, 2.24) is 0 Å². The maximum Gasteiger partial charge on any atom is 0.0715 e. The van der Waals surface area contributed by atoms with Crippen molar-refractivity contribution >= 4 is 11.6 Å². The Morgan fingerprint density at radius 2 is 2.38 bits per heavy atom. The van der Waals surface area contributed by atoms with Crippen molar-refractivity contribution in [2.45, 2.75) is 24.8 Å². The first kappa shape index (κ1) is 9.04. The van der Waals surface area contributed by atoms with E-state index in [1.54, 1.807) is 7.11 Å². The van der Waals surface area contributed by atoms with E-state index in [2.05, 4.69) is 18.2 Å². The van der Waals surface area contributed by atoms with Gasteiger partial charge in [-0.05, 0) is 29.5 Å². The average Bonchev–Trinajstić information content (AvgIpc) is 2.50. The zero-order valence-electron chi connectivity index (χ0n) is 7.72. The predicted octanol–water partition coefficient (Wildman–Crippen LogP) is 3.06. The number of hydrogen-bond acceptors (Lipinski definition) is 1. The molecule has 1 nitrogen and oxygen atoms in total. The summed E-state index contributed by atoms with van der Waals surface area (Å²) in [5.41, 5.74) is 4.00. The van der Waals surface area contributed by atoms with Gasteiger partial charge in [-0.25, -0.2) is 0 Å². The first-order chi connectivity index (χ1) is 6.33. The Labute approximate surface area is 83.7 Å². The van der Waals surface area contributed by atoms with Gasteiger partial charge in [0.05, 0.1) is 12.0 Å². The Morgan fingerprint density at radius 1 is 1.54 bits per heavy atom. The molecule has 1 aromatic carbocycles. The summed E-state index contributed by atoms with van der Waals surface area (Å²) >= 11 is 6.17. The molecule has 1 aliphatic rings. The van der Waals surface area contributed by atoms with Gasteiger partial charge in [0, 0.05) is 7.11 Å². The van der Waals surface area contributed by atoms with Crippen LogP contribution in [0.2, 0.25) is 0 Å². The van der Waals surface area contributed by atoms with E-state index in [0.717, 1.165) is 12.8 Å². The SMILES string of the molecule is COCc1cccc2c1CCC2Cl. The van der Waals surface area contributed by atoms with Crippen LogP contribution in [-0.4, -0.2) is 7.11 Å². The van der Waals surface area contributed by atoms with E-state index in [-0.39, 0.29) is 5.38 Å². The average molecular weight is 197 g/mol. The summed E-state index contributed by atoms with van der Waals surface area (Å²) in [5.74, 6) is 0. The summed E-state index contributed by atoms with van der Waals surface area (Å²) in [4.78, 5) is 0. The summed E-state index contributed by atoms with van der Waals surface area (Å²) in [7, 11) is 1.73. The van der Waals surface area contributed by atoms with Crippen LogP contribution in [0, 0.1) is 0 Å². The standard InChI is InChI=1S/C11H13ClO/c1-13-7-8-3-2-4-10-9(8)5-6-11(10)12/h2-4,11H,5-7H2,1H3. The van der Waals surface area contributed by atoms with Crippen LogP contribution < -0.4 is 0 Å². The van der Waals surface area contributed by atoms with Gasteiger partial charge in [-0.1, -0.05) is 18.2 Å². The molecule has 0 radical (unpaired) electrons. The van der Waals surface area contributed by atoms with Crippen LogP contribution in [0.4, 0.5) is 0 Å². The molecule has 0 bridgehead atoms. The van der Waals surface area contributed by atoms with Crippen LogP contribution in [0.1, 0.15) is 28.5 Å². The molecule has 1 aliphatic carbocycles. The van der Waals surface area contributed by atoms with Crippen molar-refractivity contribution in [2.75, 3.05) is 7.11 Å². The third kappa shape index (κ3) is 1.59. The number of halogens is 1. The van der Waals surface area contributed by atoms with Crippen molar-refractivity contribution in [3.05, 3.63) is 34.9 Å². The number of ether oxygens (including phenoxy) is 1. The van der Waals surface area contributed by atoms with Crippen molar-refractivity contribution in [3.8, 4) is 0 Å². The predicted molar refractivity (Wildman–Crippen MR) is 54.1 cm³/mol. The van der Waals surface area contributed by atoms with Gasteiger partial charge in [0.15, 0.2) is 0 Å². The van der Waals surface area contributed by atoms with Crippen molar-refractivity contribution < 1.29 is 4.74 Å². The van der Waals surface area contributed by atoms with E-state index < -0.39 is 0 Å². The molecular formula is C11H13ClO. The lowest BCUT2D eigenvalue weighted by Crippen LogP contribution is -1.94. The quantitative estimate of drug-likeness (QED) is 0.661. The normalized spacial score (nSPS) is 20.3. The largest absolute Gasteiger partial charge is 0.380 e. The molecule has 70 valence electrons. The molecule has 0 aliphatic heterocycles. The number of hydrogen-bond donors (Lipinski definition) is 0. The molecule has 0 saturated heterocycles. The molecule has 1 unspecified atom stereocenters. The first-order valence-electron chi connectivity index (χ1n) is 4.56. The Kier molecular flexibility index (Phi) is 2.56. The van der Waals surface area contributed by atoms with Gasteiger partial charge in [-0.3, -0.25) is 0 Å². The van der Waals surface area contributed by atoms with Crippen molar-refractivity contribution in [3.63, 3.8) is 0 Å². The highest BCUT2D eigenvalue weighted by Crippen LogP contribution is 2.37. The van der Waals surface area contributed by atoms with Gasteiger partial charge < -0.3 is 4.74 Å². The Bertz CT molecular complexity index is 309. The van der Waals surface area contributed by atoms with E-state index in [4.69, 9.17) is 16.3 Å². The lowest BCUT2D eigenvalue weighted by molar-refractivity contribution is 0.184. The molecule has 2 rings (SSSR count). The second-order valence-corrected chi connectivity index (χ2v) is 3.95. The minimum atomic E-state index is 0.215. The highest BCUT2D eigenvalue weighted by Gasteiger charge is 2.21. The molecule has 0 fully saturated rings. The number of rotatable bonds is 2. The lowest BCUT2D eigenvalue weighted by Gasteiger charge is -2.07. The zero-order valence-corrected chi connectivity index (χ0v) is 8.47. The second kappa shape index (κ2) is 3.69. The molecule has 0 spiro atoms. The number of fused-ring (bicyclic) bond motifs is 1. The molecule has 1 atom stereocenters. The third-order valence-corrected chi connectivity index (χ3v) is 3.05. The van der Waals surface area contributed by atoms with Crippen LogP contribution in [0.5, 0.6) is 0 Å². The summed E-state index contributed by atoms with van der Waals surface area (Å²) in [5, 5.41) is 0.215. The van der Waals surface area contributed by atoms with Crippen LogP contribution in [0.25, 0.3) is 0 Å². The van der Waals surface area contributed by atoms with E-state index in [9.17, 15) is 0 Å². The molecule has 0 amide bonds. The Balaban J connectivity index is 2.38. The van der Waals surface area contributed by atoms with Gasteiger partial charge >= 0.3 is 0 Å². The van der Waals surface area contributed by atoms with Gasteiger partial charge in [0.25, 0.3) is 0 Å². The fourth-order valence-corrected chi connectivity index (χ4v) is 2.28. The zero-order chi connectivity index (χ0) is 9.26. The fraction of sp³-hybridized carbons (Fsp3) is 0.455. The van der Waals surface area contributed by atoms with E-state index in [1.165, 1.54) is 16.7 Å². The highest BCUT2D eigenvalue weighted by molar-refractivity contribution is 6.21. The third-order valence-electron chi connectivity index (χ3n) is 2.59. The molecule has 0 heterocycles. The van der Waals surface area contributed by atoms with Crippen LogP contribution in [0.3, 0.4) is 0 Å². The second-order valence-electron chi connectivity index (χ2n) is 3.42. The van der Waals surface area contributed by atoms with Crippen LogP contribution in [0.15, 0.2) is 18.2 Å². The number of alkyl halides is 1. The number of benzene rings is 1. The van der Waals surface area contributed by atoms with Gasteiger partial charge in [0.2, 0.25) is 0 Å².